The molecule has 0 radical (unpaired) electrons. The fourth-order valence-corrected chi connectivity index (χ4v) is 2.15. The molecular weight excluding hydrogens is 230 g/mol. The SMILES string of the molecule is NC(=O)C(CCN1CCOCC1)c1ccccn1. The maximum absolute atomic E-state index is 11.5. The third-order valence-electron chi connectivity index (χ3n) is 3.23. The maximum Gasteiger partial charge on any atom is 0.226 e. The molecule has 1 saturated heterocycles. The van der Waals surface area contributed by atoms with E-state index >= 15 is 0 Å². The molecule has 1 aliphatic rings. The molecule has 1 fully saturated rings. The molecule has 2 rings (SSSR count). The van der Waals surface area contributed by atoms with Gasteiger partial charge in [-0.05, 0) is 25.1 Å². The fourth-order valence-electron chi connectivity index (χ4n) is 2.15. The van der Waals surface area contributed by atoms with Crippen LogP contribution in [0.1, 0.15) is 18.0 Å². The molecule has 1 aliphatic heterocycles. The second kappa shape index (κ2) is 6.47. The summed E-state index contributed by atoms with van der Waals surface area (Å²) >= 11 is 0. The predicted molar refractivity (Wildman–Crippen MR) is 68.0 cm³/mol. The van der Waals surface area contributed by atoms with Gasteiger partial charge in [0, 0.05) is 19.3 Å². The second-order valence-electron chi connectivity index (χ2n) is 4.45. The minimum Gasteiger partial charge on any atom is -0.379 e. The van der Waals surface area contributed by atoms with Crippen molar-refractivity contribution in [2.75, 3.05) is 32.8 Å². The Hall–Kier alpha value is -1.46. The Morgan fingerprint density at radius 3 is 2.83 bits per heavy atom. The first-order chi connectivity index (χ1) is 8.77. The molecule has 1 amide bonds. The normalized spacial score (nSPS) is 18.4. The number of ether oxygens (including phenoxy) is 1. The fraction of sp³-hybridized carbons (Fsp3) is 0.538. The van der Waals surface area contributed by atoms with Crippen LogP contribution in [0.25, 0.3) is 0 Å². The number of nitrogens with two attached hydrogens (primary N) is 1. The first-order valence-corrected chi connectivity index (χ1v) is 6.27. The van der Waals surface area contributed by atoms with Crippen LogP contribution in [-0.4, -0.2) is 48.6 Å². The summed E-state index contributed by atoms with van der Waals surface area (Å²) in [5.41, 5.74) is 6.22. The quantitative estimate of drug-likeness (QED) is 0.818. The van der Waals surface area contributed by atoms with Gasteiger partial charge in [-0.15, -0.1) is 0 Å². The largest absolute Gasteiger partial charge is 0.379 e. The lowest BCUT2D eigenvalue weighted by Crippen LogP contribution is -2.38. The van der Waals surface area contributed by atoms with Crippen molar-refractivity contribution in [3.8, 4) is 0 Å². The van der Waals surface area contributed by atoms with Crippen LogP contribution in [-0.2, 0) is 9.53 Å². The zero-order chi connectivity index (χ0) is 12.8. The van der Waals surface area contributed by atoms with Crippen molar-refractivity contribution in [2.45, 2.75) is 12.3 Å². The van der Waals surface area contributed by atoms with Gasteiger partial charge in [-0.1, -0.05) is 6.07 Å². The lowest BCUT2D eigenvalue weighted by molar-refractivity contribution is -0.119. The molecule has 5 heteroatoms. The van der Waals surface area contributed by atoms with Gasteiger partial charge in [-0.25, -0.2) is 0 Å². The molecule has 2 N–H and O–H groups in total. The Morgan fingerprint density at radius 2 is 2.22 bits per heavy atom. The smallest absolute Gasteiger partial charge is 0.226 e. The topological polar surface area (TPSA) is 68.5 Å². The lowest BCUT2D eigenvalue weighted by atomic mass is 9.99. The van der Waals surface area contributed by atoms with Crippen LogP contribution < -0.4 is 5.73 Å². The van der Waals surface area contributed by atoms with E-state index in [1.54, 1.807) is 6.20 Å². The summed E-state index contributed by atoms with van der Waals surface area (Å²) < 4.78 is 5.29. The third kappa shape index (κ3) is 3.51. The maximum atomic E-state index is 11.5. The first kappa shape index (κ1) is 13.0. The number of carbonyl (C=O) groups excluding carboxylic acids is 1. The molecule has 1 aromatic heterocycles. The number of carbonyl (C=O) groups is 1. The average Bonchev–Trinajstić information content (AvgIpc) is 2.41. The Kier molecular flexibility index (Phi) is 4.66. The van der Waals surface area contributed by atoms with Gasteiger partial charge >= 0.3 is 0 Å². The van der Waals surface area contributed by atoms with Gasteiger partial charge in [-0.2, -0.15) is 0 Å². The number of morpholine rings is 1. The van der Waals surface area contributed by atoms with Gasteiger partial charge in [-0.3, -0.25) is 14.7 Å². The summed E-state index contributed by atoms with van der Waals surface area (Å²) in [7, 11) is 0. The number of amides is 1. The molecule has 5 nitrogen and oxygen atoms in total. The molecule has 1 aromatic rings. The van der Waals surface area contributed by atoms with Crippen LogP contribution in [0.2, 0.25) is 0 Å². The Balaban J connectivity index is 1.92. The Morgan fingerprint density at radius 1 is 1.44 bits per heavy atom. The molecule has 18 heavy (non-hydrogen) atoms. The standard InChI is InChI=1S/C13H19N3O2/c14-13(17)11(12-3-1-2-5-15-12)4-6-16-7-9-18-10-8-16/h1-3,5,11H,4,6-10H2,(H2,14,17). The van der Waals surface area contributed by atoms with Crippen LogP contribution in [0.4, 0.5) is 0 Å². The van der Waals surface area contributed by atoms with Gasteiger partial charge in [0.2, 0.25) is 5.91 Å². The molecule has 0 aromatic carbocycles. The van der Waals surface area contributed by atoms with Crippen molar-refractivity contribution in [1.29, 1.82) is 0 Å². The van der Waals surface area contributed by atoms with Gasteiger partial charge in [0.1, 0.15) is 0 Å². The number of pyridine rings is 1. The highest BCUT2D eigenvalue weighted by atomic mass is 16.5. The summed E-state index contributed by atoms with van der Waals surface area (Å²) in [5.74, 6) is -0.601. The number of hydrogen-bond acceptors (Lipinski definition) is 4. The molecule has 0 saturated carbocycles. The van der Waals surface area contributed by atoms with E-state index in [0.29, 0.717) is 6.42 Å². The highest BCUT2D eigenvalue weighted by Crippen LogP contribution is 2.17. The van der Waals surface area contributed by atoms with Gasteiger partial charge in [0.05, 0.1) is 24.8 Å². The summed E-state index contributed by atoms with van der Waals surface area (Å²) in [6.07, 6.45) is 2.41. The van der Waals surface area contributed by atoms with Crippen LogP contribution in [0.15, 0.2) is 24.4 Å². The van der Waals surface area contributed by atoms with E-state index in [1.807, 2.05) is 18.2 Å². The zero-order valence-electron chi connectivity index (χ0n) is 10.4. The predicted octanol–water partition coefficient (Wildman–Crippen LogP) is 0.373. The van der Waals surface area contributed by atoms with Crippen molar-refractivity contribution >= 4 is 5.91 Å². The summed E-state index contributed by atoms with van der Waals surface area (Å²) in [4.78, 5) is 18.0. The molecule has 1 atom stereocenters. The van der Waals surface area contributed by atoms with Crippen molar-refractivity contribution in [3.05, 3.63) is 30.1 Å². The van der Waals surface area contributed by atoms with E-state index in [0.717, 1.165) is 38.5 Å². The molecule has 98 valence electrons. The second-order valence-corrected chi connectivity index (χ2v) is 4.45. The lowest BCUT2D eigenvalue weighted by Gasteiger charge is -2.27. The van der Waals surface area contributed by atoms with Crippen molar-refractivity contribution in [2.24, 2.45) is 5.73 Å². The minimum atomic E-state index is -0.304. The van der Waals surface area contributed by atoms with Crippen molar-refractivity contribution in [3.63, 3.8) is 0 Å². The molecular formula is C13H19N3O2. The van der Waals surface area contributed by atoms with E-state index < -0.39 is 0 Å². The number of nitrogens with zero attached hydrogens (tertiary/aromatic N) is 2. The van der Waals surface area contributed by atoms with E-state index in [1.165, 1.54) is 0 Å². The van der Waals surface area contributed by atoms with Crippen LogP contribution >= 0.6 is 0 Å². The molecule has 0 spiro atoms. The van der Waals surface area contributed by atoms with Crippen LogP contribution in [0.3, 0.4) is 0 Å². The minimum absolute atomic E-state index is 0.297. The van der Waals surface area contributed by atoms with Crippen molar-refractivity contribution in [1.82, 2.24) is 9.88 Å². The number of rotatable bonds is 5. The van der Waals surface area contributed by atoms with E-state index in [2.05, 4.69) is 9.88 Å². The van der Waals surface area contributed by atoms with Gasteiger partial charge in [0.25, 0.3) is 0 Å². The van der Waals surface area contributed by atoms with Crippen molar-refractivity contribution < 1.29 is 9.53 Å². The first-order valence-electron chi connectivity index (χ1n) is 6.27. The van der Waals surface area contributed by atoms with E-state index in [-0.39, 0.29) is 11.8 Å². The van der Waals surface area contributed by atoms with E-state index in [9.17, 15) is 4.79 Å². The summed E-state index contributed by atoms with van der Waals surface area (Å²) in [6, 6.07) is 5.57. The average molecular weight is 249 g/mol. The Bertz CT molecular complexity index is 377. The highest BCUT2D eigenvalue weighted by Gasteiger charge is 2.20. The summed E-state index contributed by atoms with van der Waals surface area (Å²) in [5, 5.41) is 0. The monoisotopic (exact) mass is 249 g/mol. The molecule has 0 bridgehead atoms. The number of primary amides is 1. The summed E-state index contributed by atoms with van der Waals surface area (Å²) in [6.45, 7) is 4.24. The van der Waals surface area contributed by atoms with Crippen LogP contribution in [0, 0.1) is 0 Å². The van der Waals surface area contributed by atoms with Gasteiger partial charge < -0.3 is 10.5 Å². The molecule has 1 unspecified atom stereocenters. The van der Waals surface area contributed by atoms with Crippen LogP contribution in [0.5, 0.6) is 0 Å². The molecule has 2 heterocycles. The molecule has 0 aliphatic carbocycles. The van der Waals surface area contributed by atoms with Gasteiger partial charge in [0.15, 0.2) is 0 Å². The number of hydrogen-bond donors (Lipinski definition) is 1. The van der Waals surface area contributed by atoms with E-state index in [4.69, 9.17) is 10.5 Å². The Labute approximate surface area is 107 Å². The zero-order valence-corrected chi connectivity index (χ0v) is 10.4. The third-order valence-corrected chi connectivity index (χ3v) is 3.23. The number of aromatic nitrogens is 1. The highest BCUT2D eigenvalue weighted by molar-refractivity contribution is 5.81.